The number of anilines is 1. The molecule has 1 heterocycles. The number of nitrogens with zero attached hydrogens (tertiary/aromatic N) is 1. The van der Waals surface area contributed by atoms with Gasteiger partial charge in [-0.05, 0) is 24.3 Å². The van der Waals surface area contributed by atoms with E-state index in [1.165, 1.54) is 24.3 Å². The first kappa shape index (κ1) is 25.8. The Labute approximate surface area is 188 Å². The first-order valence-electron chi connectivity index (χ1n) is 9.71. The number of carbonyl (C=O) groups excluding carboxylic acids is 4. The van der Waals surface area contributed by atoms with Gasteiger partial charge in [-0.25, -0.2) is 0 Å². The summed E-state index contributed by atoms with van der Waals surface area (Å²) >= 11 is 0. The molecule has 1 aliphatic heterocycles. The highest BCUT2D eigenvalue weighted by Gasteiger charge is 2.53. The molecule has 1 fully saturated rings. The Hall–Kier alpha value is -3.42. The molecule has 0 bridgehead atoms. The fraction of sp³-hybridized carbons (Fsp3) is 0.500. The van der Waals surface area contributed by atoms with E-state index in [2.05, 4.69) is 0 Å². The number of benzene rings is 1. The summed E-state index contributed by atoms with van der Waals surface area (Å²) in [7, 11) is 0. The molecule has 0 saturated carbocycles. The third kappa shape index (κ3) is 7.59. The van der Waals surface area contributed by atoms with Crippen LogP contribution in [0.2, 0.25) is 0 Å². The maximum Gasteiger partial charge on any atom is 0.303 e. The standard InChI is InChI=1S/C20H24NO12/c1-10(22)28-9-16-17(29-11(2)23)18(30-12(3)24)19(31-13(4)25)20(33-16)32-15-7-5-14(6-8-15)21(26)27/h5-8,16-20,26H,9H2,1-4H3/q-1/t16?,17-,18+,19-,20?/m1/s1. The van der Waals surface area contributed by atoms with Gasteiger partial charge in [-0.2, -0.15) is 0 Å². The van der Waals surface area contributed by atoms with Crippen LogP contribution in [0.5, 0.6) is 5.75 Å². The normalized spacial score (nSPS) is 24.2. The van der Waals surface area contributed by atoms with Crippen LogP contribution in [-0.2, 0) is 42.9 Å². The molecule has 0 radical (unpaired) electrons. The van der Waals surface area contributed by atoms with Crippen molar-refractivity contribution < 1.29 is 52.8 Å². The van der Waals surface area contributed by atoms with Gasteiger partial charge in [-0.15, -0.1) is 0 Å². The van der Waals surface area contributed by atoms with Crippen LogP contribution in [0.4, 0.5) is 5.69 Å². The van der Waals surface area contributed by atoms with Gasteiger partial charge >= 0.3 is 23.9 Å². The SMILES string of the molecule is CC(=O)OCC1OC(Oc2ccc(N([O-])O)cc2)[C@H](OC(C)=O)[C@@H](OC(C)=O)[C@@H]1OC(C)=O. The van der Waals surface area contributed by atoms with Crippen LogP contribution in [0, 0.1) is 5.21 Å². The molecule has 1 aliphatic rings. The Kier molecular flexibility index (Phi) is 8.96. The fourth-order valence-corrected chi connectivity index (χ4v) is 3.07. The summed E-state index contributed by atoms with van der Waals surface area (Å²) in [5.41, 5.74) is -0.0797. The van der Waals surface area contributed by atoms with Gasteiger partial charge in [0, 0.05) is 27.7 Å². The predicted molar refractivity (Wildman–Crippen MR) is 107 cm³/mol. The molecule has 1 N–H and O–H groups in total. The Balaban J connectivity index is 2.42. The molecule has 0 spiro atoms. The van der Waals surface area contributed by atoms with Crippen LogP contribution in [0.3, 0.4) is 0 Å². The summed E-state index contributed by atoms with van der Waals surface area (Å²) in [6.45, 7) is 4.08. The van der Waals surface area contributed by atoms with Gasteiger partial charge in [-0.3, -0.25) is 24.4 Å². The minimum Gasteiger partial charge on any atom is -0.733 e. The van der Waals surface area contributed by atoms with Crippen molar-refractivity contribution in [3.63, 3.8) is 0 Å². The van der Waals surface area contributed by atoms with Crippen molar-refractivity contribution in [2.24, 2.45) is 0 Å². The molecule has 1 aromatic rings. The zero-order valence-electron chi connectivity index (χ0n) is 18.3. The molecule has 0 aliphatic carbocycles. The third-order valence-electron chi connectivity index (χ3n) is 4.26. The highest BCUT2D eigenvalue weighted by Crippen LogP contribution is 2.31. The minimum atomic E-state index is -1.41. The first-order chi connectivity index (χ1) is 15.5. The predicted octanol–water partition coefficient (Wildman–Crippen LogP) is 0.842. The van der Waals surface area contributed by atoms with Gasteiger partial charge in [0.05, 0.1) is 5.69 Å². The highest BCUT2D eigenvalue weighted by atomic mass is 16.8. The van der Waals surface area contributed by atoms with E-state index >= 15 is 0 Å². The number of esters is 4. The summed E-state index contributed by atoms with van der Waals surface area (Å²) in [5, 5.41) is 19.6. The average Bonchev–Trinajstić information content (AvgIpc) is 2.70. The van der Waals surface area contributed by atoms with Crippen molar-refractivity contribution in [1.82, 2.24) is 0 Å². The summed E-state index contributed by atoms with van der Waals surface area (Å²) in [4.78, 5) is 46.6. The van der Waals surface area contributed by atoms with Crippen LogP contribution in [-0.4, -0.2) is 66.4 Å². The Morgan fingerprint density at radius 3 is 1.88 bits per heavy atom. The number of hydrogen-bond donors (Lipinski definition) is 1. The lowest BCUT2D eigenvalue weighted by Gasteiger charge is -2.43. The van der Waals surface area contributed by atoms with E-state index in [0.29, 0.717) is 0 Å². The largest absolute Gasteiger partial charge is 0.733 e. The maximum atomic E-state index is 11.8. The van der Waals surface area contributed by atoms with Crippen molar-refractivity contribution in [3.05, 3.63) is 29.5 Å². The van der Waals surface area contributed by atoms with E-state index in [4.69, 9.17) is 33.6 Å². The molecule has 1 saturated heterocycles. The number of ether oxygens (including phenoxy) is 6. The quantitative estimate of drug-likeness (QED) is 0.322. The molecule has 2 rings (SSSR count). The first-order valence-corrected chi connectivity index (χ1v) is 9.71. The molecule has 2 unspecified atom stereocenters. The molecule has 33 heavy (non-hydrogen) atoms. The second kappa shape index (κ2) is 11.4. The second-order valence-electron chi connectivity index (χ2n) is 6.95. The molecule has 0 aromatic heterocycles. The zero-order valence-corrected chi connectivity index (χ0v) is 18.3. The van der Waals surface area contributed by atoms with E-state index in [1.807, 2.05) is 0 Å². The van der Waals surface area contributed by atoms with Gasteiger partial charge in [0.2, 0.25) is 12.4 Å². The Morgan fingerprint density at radius 1 is 0.879 bits per heavy atom. The lowest BCUT2D eigenvalue weighted by molar-refractivity contribution is -0.288. The van der Waals surface area contributed by atoms with Crippen molar-refractivity contribution in [2.45, 2.75) is 58.4 Å². The van der Waals surface area contributed by atoms with E-state index < -0.39 is 61.2 Å². The Bertz CT molecular complexity index is 855. The topological polar surface area (TPSA) is 170 Å². The van der Waals surface area contributed by atoms with Crippen LogP contribution in [0.1, 0.15) is 27.7 Å². The maximum absolute atomic E-state index is 11.8. The smallest absolute Gasteiger partial charge is 0.303 e. The van der Waals surface area contributed by atoms with E-state index in [1.54, 1.807) is 0 Å². The number of carbonyl (C=O) groups is 4. The molecule has 13 nitrogen and oxygen atoms in total. The van der Waals surface area contributed by atoms with Crippen molar-refractivity contribution >= 4 is 29.6 Å². The van der Waals surface area contributed by atoms with E-state index in [-0.39, 0.29) is 16.7 Å². The van der Waals surface area contributed by atoms with Gasteiger partial charge in [0.25, 0.3) is 0 Å². The molecule has 1 aromatic carbocycles. The zero-order chi connectivity index (χ0) is 24.7. The summed E-state index contributed by atoms with van der Waals surface area (Å²) < 4.78 is 32.3. The van der Waals surface area contributed by atoms with Gasteiger partial charge in [0.1, 0.15) is 18.5 Å². The lowest BCUT2D eigenvalue weighted by atomic mass is 9.98. The molecule has 0 amide bonds. The van der Waals surface area contributed by atoms with Gasteiger partial charge in [-0.1, -0.05) is 0 Å². The highest BCUT2D eigenvalue weighted by molar-refractivity contribution is 5.68. The van der Waals surface area contributed by atoms with Gasteiger partial charge < -0.3 is 38.9 Å². The number of rotatable bonds is 8. The third-order valence-corrected chi connectivity index (χ3v) is 4.26. The van der Waals surface area contributed by atoms with Crippen LogP contribution >= 0.6 is 0 Å². The lowest BCUT2D eigenvalue weighted by Crippen LogP contribution is -2.63. The molecular weight excluding hydrogens is 446 g/mol. The molecule has 13 heteroatoms. The minimum absolute atomic E-state index is 0.0797. The summed E-state index contributed by atoms with van der Waals surface area (Å²) in [6, 6.07) is 5.14. The Morgan fingerprint density at radius 2 is 1.39 bits per heavy atom. The van der Waals surface area contributed by atoms with E-state index in [9.17, 15) is 24.4 Å². The second-order valence-corrected chi connectivity index (χ2v) is 6.95. The van der Waals surface area contributed by atoms with Gasteiger partial charge in [0.15, 0.2) is 12.2 Å². The van der Waals surface area contributed by atoms with Crippen LogP contribution in [0.25, 0.3) is 0 Å². The van der Waals surface area contributed by atoms with Crippen molar-refractivity contribution in [2.75, 3.05) is 11.8 Å². The fourth-order valence-electron chi connectivity index (χ4n) is 3.07. The van der Waals surface area contributed by atoms with Crippen molar-refractivity contribution in [3.8, 4) is 5.75 Å². The van der Waals surface area contributed by atoms with Crippen LogP contribution < -0.4 is 9.96 Å². The van der Waals surface area contributed by atoms with Crippen molar-refractivity contribution in [1.29, 1.82) is 0 Å². The summed E-state index contributed by atoms with van der Waals surface area (Å²) in [6.07, 6.45) is -6.64. The average molecular weight is 470 g/mol. The monoisotopic (exact) mass is 470 g/mol. The summed E-state index contributed by atoms with van der Waals surface area (Å²) in [5.74, 6) is -2.82. The van der Waals surface area contributed by atoms with E-state index in [0.717, 1.165) is 27.7 Å². The van der Waals surface area contributed by atoms with Crippen LogP contribution in [0.15, 0.2) is 24.3 Å². The molecule has 5 atom stereocenters. The molecule has 182 valence electrons. The number of hydrogen-bond acceptors (Lipinski definition) is 13. The molecular formula is C20H24NO12-.